The number of carbonyl (C=O) groups excluding carboxylic acids is 1. The van der Waals surface area contributed by atoms with Crippen LogP contribution in [0.3, 0.4) is 0 Å². The van der Waals surface area contributed by atoms with Crippen LogP contribution in [-0.2, 0) is 19.8 Å². The minimum atomic E-state index is -4.73. The largest absolute Gasteiger partial charge is 0.522 e. The number of alkyl halides is 3. The Balaban J connectivity index is 1.44. The van der Waals surface area contributed by atoms with Crippen molar-refractivity contribution in [3.63, 3.8) is 0 Å². The van der Waals surface area contributed by atoms with Crippen molar-refractivity contribution in [2.24, 2.45) is 0 Å². The molecule has 180 valence electrons. The van der Waals surface area contributed by atoms with E-state index in [1.807, 2.05) is 33.9 Å². The van der Waals surface area contributed by atoms with E-state index in [1.165, 1.54) is 18.2 Å². The number of rotatable bonds is 6. The van der Waals surface area contributed by atoms with E-state index in [4.69, 9.17) is 25.8 Å². The van der Waals surface area contributed by atoms with Crippen molar-refractivity contribution in [3.05, 3.63) is 58.9 Å². The van der Waals surface area contributed by atoms with Crippen molar-refractivity contribution in [2.45, 2.75) is 30.1 Å². The topological polar surface area (TPSA) is 70.1 Å². The molecule has 0 bridgehead atoms. The molecule has 3 heterocycles. The molecule has 1 aromatic heterocycles. The number of halogens is 4. The second-order valence-electron chi connectivity index (χ2n) is 8.50. The van der Waals surface area contributed by atoms with E-state index >= 15 is 0 Å². The molecule has 7 nitrogen and oxygen atoms in total. The van der Waals surface area contributed by atoms with Crippen molar-refractivity contribution >= 4 is 33.2 Å². The van der Waals surface area contributed by atoms with Crippen LogP contribution < -0.4 is 4.74 Å². The molecule has 2 aliphatic heterocycles. The summed E-state index contributed by atoms with van der Waals surface area (Å²) in [6.07, 6.45) is -2.94. The van der Waals surface area contributed by atoms with E-state index in [0.29, 0.717) is 25.1 Å². The van der Waals surface area contributed by atoms with Crippen LogP contribution in [0.5, 0.6) is 5.75 Å². The van der Waals surface area contributed by atoms with Crippen molar-refractivity contribution in [1.82, 2.24) is 9.88 Å². The van der Waals surface area contributed by atoms with E-state index in [1.54, 1.807) is 11.1 Å². The number of pyridine rings is 1. The molecule has 0 radical (unpaired) electrons. The van der Waals surface area contributed by atoms with Crippen molar-refractivity contribution in [3.8, 4) is 5.75 Å². The minimum Gasteiger partial charge on any atom is -0.490 e. The second-order valence-corrected chi connectivity index (χ2v) is 8.91. The summed E-state index contributed by atoms with van der Waals surface area (Å²) in [7, 11) is 3.67. The molecule has 2 aromatic rings. The molecule has 0 N–H and O–H groups in total. The van der Waals surface area contributed by atoms with Crippen LogP contribution in [0.15, 0.2) is 42.6 Å². The number of ether oxygens (including phenoxy) is 4. The Morgan fingerprint density at radius 2 is 2.06 bits per heavy atom. The molecule has 1 aromatic carbocycles. The van der Waals surface area contributed by atoms with Gasteiger partial charge in [0.05, 0.1) is 29.5 Å². The lowest BCUT2D eigenvalue weighted by molar-refractivity contribution is -0.325. The molecule has 4 rings (SSSR count). The third kappa shape index (κ3) is 5.35. The van der Waals surface area contributed by atoms with Crippen molar-refractivity contribution < 1.29 is 36.9 Å². The van der Waals surface area contributed by atoms with Gasteiger partial charge in [-0.1, -0.05) is 17.7 Å². The highest BCUT2D eigenvalue weighted by Crippen LogP contribution is 2.46. The Morgan fingerprint density at radius 1 is 1.26 bits per heavy atom. The van der Waals surface area contributed by atoms with E-state index in [2.05, 4.69) is 9.72 Å². The van der Waals surface area contributed by atoms with Crippen LogP contribution in [0.2, 0.25) is 5.02 Å². The Bertz CT molecular complexity index is 1050. The first kappa shape index (κ1) is 24.8. The lowest BCUT2D eigenvalue weighted by Gasteiger charge is -2.41. The zero-order valence-corrected chi connectivity index (χ0v) is 19.4. The molecule has 34 heavy (non-hydrogen) atoms. The van der Waals surface area contributed by atoms with E-state index in [-0.39, 0.29) is 23.3 Å². The number of benzene rings is 1. The average Bonchev–Trinajstić information content (AvgIpc) is 3.07. The highest BCUT2D eigenvalue weighted by atomic mass is 35.5. The third-order valence-corrected chi connectivity index (χ3v) is 5.98. The molecule has 2 aliphatic rings. The fourth-order valence-corrected chi connectivity index (χ4v) is 4.58. The predicted molar refractivity (Wildman–Crippen MR) is 121 cm³/mol. The number of amides is 1. The molecular formula is C21H22B2ClF3N2O5. The SMILES string of the molecule is BC1(B)OC2CN(C(=O)c3ccc(OCCOC(F)(F)F)c(Cl)c3)CCC2(c2ccccn2)O1. The Labute approximate surface area is 201 Å². The first-order chi connectivity index (χ1) is 16.0. The van der Waals surface area contributed by atoms with Gasteiger partial charge >= 0.3 is 6.36 Å². The van der Waals surface area contributed by atoms with Crippen LogP contribution in [-0.4, -0.2) is 75.8 Å². The number of hydrogen-bond acceptors (Lipinski definition) is 6. The van der Waals surface area contributed by atoms with Gasteiger partial charge in [-0.3, -0.25) is 14.5 Å². The number of fused-ring (bicyclic) bond motifs is 1. The molecule has 2 saturated heterocycles. The summed E-state index contributed by atoms with van der Waals surface area (Å²) in [4.78, 5) is 19.3. The number of likely N-dealkylation sites (tertiary alicyclic amines) is 1. The van der Waals surface area contributed by atoms with Crippen LogP contribution >= 0.6 is 11.6 Å². The summed E-state index contributed by atoms with van der Waals surface area (Å²) < 4.78 is 57.5. The molecular weight excluding hydrogens is 474 g/mol. The summed E-state index contributed by atoms with van der Waals surface area (Å²) in [6.45, 7) is -0.311. The average molecular weight is 496 g/mol. The number of aromatic nitrogens is 1. The van der Waals surface area contributed by atoms with Crippen molar-refractivity contribution in [1.29, 1.82) is 0 Å². The maximum atomic E-state index is 13.2. The van der Waals surface area contributed by atoms with Crippen LogP contribution in [0.4, 0.5) is 13.2 Å². The van der Waals surface area contributed by atoms with Crippen molar-refractivity contribution in [2.75, 3.05) is 26.3 Å². The smallest absolute Gasteiger partial charge is 0.490 e. The molecule has 0 aliphatic carbocycles. The molecule has 0 spiro atoms. The third-order valence-electron chi connectivity index (χ3n) is 5.68. The van der Waals surface area contributed by atoms with Crippen LogP contribution in [0.25, 0.3) is 0 Å². The normalized spacial score (nSPS) is 24.0. The number of piperidine rings is 1. The second kappa shape index (κ2) is 9.41. The summed E-state index contributed by atoms with van der Waals surface area (Å²) in [5, 5.41) is 0.110. The standard InChI is InChI=1S/C21H22B2ClF3N2O5/c22-20(23)33-17-12-29(8-6-19(17,34-20)16-3-1-2-7-28-16)18(30)13-4-5-15(14(24)11-13)31-9-10-32-21(25,26)27/h1-5,7,11,17H,6,8-10,12,22-23H2. The summed E-state index contributed by atoms with van der Waals surface area (Å²) in [6, 6.07) is 10.0. The predicted octanol–water partition coefficient (Wildman–Crippen LogP) is 1.68. The fourth-order valence-electron chi connectivity index (χ4n) is 4.34. The summed E-state index contributed by atoms with van der Waals surface area (Å²) >= 11 is 6.20. The Kier molecular flexibility index (Phi) is 6.87. The van der Waals surface area contributed by atoms with Gasteiger partial charge in [0, 0.05) is 24.7 Å². The van der Waals surface area contributed by atoms with Crippen LogP contribution in [0, 0.1) is 0 Å². The van der Waals surface area contributed by atoms with Gasteiger partial charge in [-0.15, -0.1) is 13.2 Å². The quantitative estimate of drug-likeness (QED) is 0.448. The number of nitrogens with zero attached hydrogens (tertiary/aromatic N) is 2. The first-order valence-corrected chi connectivity index (χ1v) is 11.1. The monoisotopic (exact) mass is 496 g/mol. The maximum absolute atomic E-state index is 13.2. The molecule has 2 unspecified atom stereocenters. The lowest BCUT2D eigenvalue weighted by Crippen LogP contribution is -2.53. The van der Waals surface area contributed by atoms with E-state index in [0.717, 1.165) is 5.69 Å². The molecule has 0 saturated carbocycles. The van der Waals surface area contributed by atoms with Gasteiger partial charge in [0.2, 0.25) is 0 Å². The first-order valence-electron chi connectivity index (χ1n) is 10.7. The Morgan fingerprint density at radius 3 is 2.74 bits per heavy atom. The van der Waals surface area contributed by atoms with Gasteiger partial charge in [0.15, 0.2) is 15.7 Å². The van der Waals surface area contributed by atoms with Crippen LogP contribution in [0.1, 0.15) is 22.5 Å². The van der Waals surface area contributed by atoms with E-state index < -0.39 is 30.3 Å². The molecule has 2 fully saturated rings. The zero-order chi connectivity index (χ0) is 24.6. The number of carbonyl (C=O) groups is 1. The molecule has 2 atom stereocenters. The number of hydrogen-bond donors (Lipinski definition) is 0. The van der Waals surface area contributed by atoms with E-state index in [9.17, 15) is 18.0 Å². The summed E-state index contributed by atoms with van der Waals surface area (Å²) in [5.74, 6) is -0.0946. The van der Waals surface area contributed by atoms with Gasteiger partial charge in [-0.25, -0.2) is 0 Å². The van der Waals surface area contributed by atoms with Gasteiger partial charge in [-0.05, 0) is 30.3 Å². The van der Waals surface area contributed by atoms with Gasteiger partial charge in [0.1, 0.15) is 24.1 Å². The fraction of sp³-hybridized carbons (Fsp3) is 0.429. The van der Waals surface area contributed by atoms with Gasteiger partial charge in [-0.2, -0.15) is 0 Å². The molecule has 1 amide bonds. The highest BCUT2D eigenvalue weighted by Gasteiger charge is 2.57. The zero-order valence-electron chi connectivity index (χ0n) is 18.6. The van der Waals surface area contributed by atoms with Gasteiger partial charge < -0.3 is 19.1 Å². The van der Waals surface area contributed by atoms with Gasteiger partial charge in [0.25, 0.3) is 5.91 Å². The lowest BCUT2D eigenvalue weighted by atomic mass is 9.76. The molecule has 13 heteroatoms. The highest BCUT2D eigenvalue weighted by molar-refractivity contribution is 6.38. The summed E-state index contributed by atoms with van der Waals surface area (Å²) in [5.41, 5.74) is -0.501. The maximum Gasteiger partial charge on any atom is 0.522 e. The Hall–Kier alpha value is -2.27. The minimum absolute atomic E-state index is 0.110.